The monoisotopic (exact) mass is 831 g/mol. The Balaban J connectivity index is 2.28. The fourth-order valence-corrected chi connectivity index (χ4v) is 5.42. The average Bonchev–Trinajstić information content (AvgIpc) is 3.19. The molecule has 0 saturated carbocycles. The third kappa shape index (κ3) is 16.2. The number of carbonyl (C=O) groups is 8. The van der Waals surface area contributed by atoms with E-state index < -0.39 is 122 Å². The van der Waals surface area contributed by atoms with Gasteiger partial charge in [-0.3, -0.25) is 33.6 Å². The van der Waals surface area contributed by atoms with Crippen LogP contribution in [0.2, 0.25) is 0 Å². The number of amides is 6. The van der Waals surface area contributed by atoms with Gasteiger partial charge in [-0.15, -0.1) is 0 Å². The van der Waals surface area contributed by atoms with E-state index in [1.54, 1.807) is 26.0 Å². The lowest BCUT2D eigenvalue weighted by atomic mass is 9.97. The molecule has 0 aromatic heterocycles. The molecule has 2 rings (SSSR count). The number of aliphatic carboxylic acids is 2. The van der Waals surface area contributed by atoms with Crippen LogP contribution in [-0.2, 0) is 51.2 Å². The summed E-state index contributed by atoms with van der Waals surface area (Å²) in [6.45, 7) is 2.56. The number of carboxylic acid groups (broad SMARTS) is 2. The number of rotatable bonds is 24. The highest BCUT2D eigenvalue weighted by molar-refractivity contribution is 5.97. The lowest BCUT2D eigenvalue weighted by Crippen LogP contribution is -2.61. The second-order valence-electron chi connectivity index (χ2n) is 13.8. The molecular formula is C38H53N7O14. The summed E-state index contributed by atoms with van der Waals surface area (Å²) in [6.07, 6.45) is -1.06. The number of benzene rings is 2. The number of hydrogen-bond donors (Lipinski definition) is 13. The SMILES string of the molecule is CC[C@H](C)[C@H](NC(=O)[C@H](CO)NC(=O)[C@H](CCC(=O)O)NC(=O)[C@H](Cc1ccc(O)cc1)NC(=O)[C@H](C)NC(=O)[C@@H](N)Cc1ccc(O)cc1)C(=O)N[C@@H](CO)C(=O)O. The van der Waals surface area contributed by atoms with Gasteiger partial charge in [-0.05, 0) is 61.1 Å². The molecule has 21 heteroatoms. The van der Waals surface area contributed by atoms with Crippen molar-refractivity contribution in [2.75, 3.05) is 13.2 Å². The van der Waals surface area contributed by atoms with Gasteiger partial charge in [0.05, 0.1) is 19.3 Å². The van der Waals surface area contributed by atoms with E-state index in [4.69, 9.17) is 5.73 Å². The molecular weight excluding hydrogens is 778 g/mol. The van der Waals surface area contributed by atoms with Crippen LogP contribution in [0.15, 0.2) is 48.5 Å². The number of hydrogen-bond acceptors (Lipinski definition) is 13. The second kappa shape index (κ2) is 23.8. The van der Waals surface area contributed by atoms with Crippen LogP contribution in [0.25, 0.3) is 0 Å². The van der Waals surface area contributed by atoms with Crippen LogP contribution in [0, 0.1) is 5.92 Å². The molecule has 6 amide bonds. The molecule has 2 aromatic carbocycles. The van der Waals surface area contributed by atoms with Gasteiger partial charge in [0.25, 0.3) is 0 Å². The first-order valence-electron chi connectivity index (χ1n) is 18.6. The van der Waals surface area contributed by atoms with Gasteiger partial charge in [-0.2, -0.15) is 0 Å². The van der Waals surface area contributed by atoms with E-state index in [0.29, 0.717) is 17.5 Å². The van der Waals surface area contributed by atoms with E-state index in [-0.39, 0.29) is 24.3 Å². The normalized spacial score (nSPS) is 15.0. The lowest BCUT2D eigenvalue weighted by Gasteiger charge is -2.28. The molecule has 0 fully saturated rings. The first-order valence-corrected chi connectivity index (χ1v) is 18.6. The first-order chi connectivity index (χ1) is 27.8. The Hall–Kier alpha value is -6.32. The van der Waals surface area contributed by atoms with E-state index in [0.717, 1.165) is 0 Å². The molecule has 0 spiro atoms. The number of phenolic OH excluding ortho intramolecular Hbond substituents is 2. The summed E-state index contributed by atoms with van der Waals surface area (Å²) in [7, 11) is 0. The smallest absolute Gasteiger partial charge is 0.328 e. The van der Waals surface area contributed by atoms with Crippen LogP contribution >= 0.6 is 0 Å². The highest BCUT2D eigenvalue weighted by Gasteiger charge is 2.34. The summed E-state index contributed by atoms with van der Waals surface area (Å²) in [5.41, 5.74) is 7.08. The third-order valence-corrected chi connectivity index (χ3v) is 9.18. The minimum absolute atomic E-state index is 0.0161. The maximum absolute atomic E-state index is 13.8. The Kier molecular flexibility index (Phi) is 19.7. The maximum atomic E-state index is 13.8. The molecule has 14 N–H and O–H groups in total. The molecule has 0 bridgehead atoms. The Morgan fingerprint density at radius 2 is 1.03 bits per heavy atom. The standard InChI is InChI=1S/C38H53N7O14/c1-4-19(2)31(37(57)44-29(18-47)38(58)59)45-36(56)28(17-46)43-34(54)26(13-14-30(50)51)41-35(55)27(16-22-7-11-24(49)12-8-22)42-32(52)20(3)40-33(53)25(39)15-21-5-9-23(48)10-6-21/h5-12,19-20,25-29,31,46-49H,4,13-18,39H2,1-3H3,(H,40,53)(H,41,55)(H,42,52)(H,43,54)(H,44,57)(H,45,56)(H,50,51)(H,58,59)/t19-,20-,25-,26-,27-,28-,29-,31-/m0/s1. The lowest BCUT2D eigenvalue weighted by molar-refractivity contribution is -0.144. The molecule has 59 heavy (non-hydrogen) atoms. The molecule has 0 aliphatic heterocycles. The molecule has 2 aromatic rings. The zero-order valence-corrected chi connectivity index (χ0v) is 32.7. The van der Waals surface area contributed by atoms with Gasteiger partial charge in [0.1, 0.15) is 47.8 Å². The largest absolute Gasteiger partial charge is 0.508 e. The second-order valence-corrected chi connectivity index (χ2v) is 13.8. The molecule has 0 unspecified atom stereocenters. The number of carbonyl (C=O) groups excluding carboxylic acids is 6. The minimum Gasteiger partial charge on any atom is -0.508 e. The van der Waals surface area contributed by atoms with Crippen LogP contribution in [0.3, 0.4) is 0 Å². The van der Waals surface area contributed by atoms with E-state index in [1.807, 2.05) is 0 Å². The number of aliphatic hydroxyl groups is 2. The van der Waals surface area contributed by atoms with E-state index >= 15 is 0 Å². The highest BCUT2D eigenvalue weighted by Crippen LogP contribution is 2.14. The van der Waals surface area contributed by atoms with Crippen molar-refractivity contribution in [2.45, 2.75) is 95.2 Å². The molecule has 0 radical (unpaired) electrons. The Bertz CT molecular complexity index is 1780. The van der Waals surface area contributed by atoms with E-state index in [1.165, 1.54) is 43.3 Å². The van der Waals surface area contributed by atoms with Crippen LogP contribution in [-0.4, -0.2) is 134 Å². The zero-order chi connectivity index (χ0) is 44.4. The van der Waals surface area contributed by atoms with Crippen molar-refractivity contribution in [3.63, 3.8) is 0 Å². The van der Waals surface area contributed by atoms with E-state index in [9.17, 15) is 69.0 Å². The molecule has 0 aliphatic rings. The topological polar surface area (TPSA) is 356 Å². The van der Waals surface area contributed by atoms with Crippen LogP contribution in [0.5, 0.6) is 11.5 Å². The molecule has 0 heterocycles. The predicted molar refractivity (Wildman–Crippen MR) is 207 cm³/mol. The fraction of sp³-hybridized carbons (Fsp3) is 0.474. The van der Waals surface area contributed by atoms with Crippen molar-refractivity contribution in [3.8, 4) is 11.5 Å². The van der Waals surface area contributed by atoms with Crippen molar-refractivity contribution in [1.82, 2.24) is 31.9 Å². The number of nitrogens with two attached hydrogens (primary N) is 1. The van der Waals surface area contributed by atoms with Gasteiger partial charge >= 0.3 is 11.9 Å². The predicted octanol–water partition coefficient (Wildman–Crippen LogP) is -2.88. The molecule has 324 valence electrons. The summed E-state index contributed by atoms with van der Waals surface area (Å²) in [4.78, 5) is 103. The van der Waals surface area contributed by atoms with Gasteiger partial charge in [-0.25, -0.2) is 4.79 Å². The highest BCUT2D eigenvalue weighted by atomic mass is 16.4. The number of nitrogens with one attached hydrogen (secondary N) is 6. The quantitative estimate of drug-likeness (QED) is 0.0505. The van der Waals surface area contributed by atoms with Crippen molar-refractivity contribution >= 4 is 47.4 Å². The molecule has 21 nitrogen and oxygen atoms in total. The van der Waals surface area contributed by atoms with Gasteiger partial charge in [0.2, 0.25) is 35.4 Å². The van der Waals surface area contributed by atoms with Crippen LogP contribution in [0.1, 0.15) is 51.2 Å². The Labute approximate surface area is 339 Å². The van der Waals surface area contributed by atoms with Crippen molar-refractivity contribution in [2.24, 2.45) is 11.7 Å². The summed E-state index contributed by atoms with van der Waals surface area (Å²) in [6, 6.07) is 1.17. The number of phenols is 2. The van der Waals surface area contributed by atoms with Gasteiger partial charge in [0.15, 0.2) is 0 Å². The Morgan fingerprint density at radius 3 is 1.53 bits per heavy atom. The minimum atomic E-state index is -1.77. The summed E-state index contributed by atoms with van der Waals surface area (Å²) < 4.78 is 0. The van der Waals surface area contributed by atoms with Crippen molar-refractivity contribution in [3.05, 3.63) is 59.7 Å². The van der Waals surface area contributed by atoms with Gasteiger partial charge in [-0.1, -0.05) is 44.5 Å². The maximum Gasteiger partial charge on any atom is 0.328 e. The summed E-state index contributed by atoms with van der Waals surface area (Å²) >= 11 is 0. The average molecular weight is 832 g/mol. The Morgan fingerprint density at radius 1 is 0.576 bits per heavy atom. The molecule has 8 atom stereocenters. The zero-order valence-electron chi connectivity index (χ0n) is 32.7. The van der Waals surface area contributed by atoms with Crippen LogP contribution < -0.4 is 37.6 Å². The van der Waals surface area contributed by atoms with E-state index in [2.05, 4.69) is 31.9 Å². The fourth-order valence-electron chi connectivity index (χ4n) is 5.42. The van der Waals surface area contributed by atoms with Crippen LogP contribution in [0.4, 0.5) is 0 Å². The van der Waals surface area contributed by atoms with Gasteiger partial charge in [0, 0.05) is 12.8 Å². The summed E-state index contributed by atoms with van der Waals surface area (Å²) in [5.74, 6) is -9.38. The summed E-state index contributed by atoms with van der Waals surface area (Å²) in [5, 5.41) is 71.2. The van der Waals surface area contributed by atoms with Crippen molar-refractivity contribution < 1.29 is 69.0 Å². The first kappa shape index (κ1) is 48.8. The number of aromatic hydroxyl groups is 2. The number of carboxylic acids is 2. The molecule has 0 saturated heterocycles. The van der Waals surface area contributed by atoms with Gasteiger partial charge < -0.3 is 68.3 Å². The molecule has 0 aliphatic carbocycles. The van der Waals surface area contributed by atoms with Crippen molar-refractivity contribution in [1.29, 1.82) is 0 Å². The number of aliphatic hydroxyl groups excluding tert-OH is 2. The third-order valence-electron chi connectivity index (χ3n) is 9.18.